The average Bonchev–Trinajstić information content (AvgIpc) is 2.86. The predicted molar refractivity (Wildman–Crippen MR) is 136 cm³/mol. The standard InChI is InChI=1S/C25H22BrN3O7/c1-3-34-20-11-8-17(9-12-20)25(31)36-22-13-10-19(26)14-18(22)15-27-28-24(30)16(2)35-23-7-5-4-6-21(23)29(32)33/h4-16H,3H2,1-2H3,(H,28,30)/b27-15-/t16-/m0/s1. The molecule has 0 saturated carbocycles. The minimum atomic E-state index is -1.07. The maximum absolute atomic E-state index is 12.6. The topological polar surface area (TPSA) is 129 Å². The van der Waals surface area contributed by atoms with Gasteiger partial charge in [0, 0.05) is 16.1 Å². The molecule has 0 fully saturated rings. The van der Waals surface area contributed by atoms with Crippen molar-refractivity contribution in [3.05, 3.63) is 92.4 Å². The fraction of sp³-hybridized carbons (Fsp3) is 0.160. The third-order valence-corrected chi connectivity index (χ3v) is 5.18. The van der Waals surface area contributed by atoms with E-state index in [1.54, 1.807) is 48.5 Å². The number of benzene rings is 3. The highest BCUT2D eigenvalue weighted by molar-refractivity contribution is 9.10. The number of para-hydroxylation sites is 2. The minimum Gasteiger partial charge on any atom is -0.494 e. The Morgan fingerprint density at radius 1 is 1.11 bits per heavy atom. The lowest BCUT2D eigenvalue weighted by molar-refractivity contribution is -0.386. The lowest BCUT2D eigenvalue weighted by atomic mass is 10.2. The number of halogens is 1. The number of ether oxygens (including phenoxy) is 3. The zero-order valence-corrected chi connectivity index (χ0v) is 20.9. The van der Waals surface area contributed by atoms with Crippen LogP contribution in [0.3, 0.4) is 0 Å². The molecule has 0 aliphatic carbocycles. The van der Waals surface area contributed by atoms with E-state index < -0.39 is 22.9 Å². The first-order valence-corrected chi connectivity index (χ1v) is 11.6. The minimum absolute atomic E-state index is 0.0374. The van der Waals surface area contributed by atoms with E-state index in [-0.39, 0.29) is 17.2 Å². The molecule has 0 saturated heterocycles. The molecule has 3 aromatic rings. The molecular weight excluding hydrogens is 534 g/mol. The van der Waals surface area contributed by atoms with E-state index in [2.05, 4.69) is 26.5 Å². The molecular formula is C25H22BrN3O7. The van der Waals surface area contributed by atoms with Crippen LogP contribution >= 0.6 is 15.9 Å². The van der Waals surface area contributed by atoms with E-state index in [0.717, 1.165) is 0 Å². The Morgan fingerprint density at radius 2 is 1.83 bits per heavy atom. The summed E-state index contributed by atoms with van der Waals surface area (Å²) in [4.78, 5) is 35.5. The monoisotopic (exact) mass is 555 g/mol. The summed E-state index contributed by atoms with van der Waals surface area (Å²) in [5.74, 6) is -0.386. The van der Waals surface area contributed by atoms with E-state index in [0.29, 0.717) is 28.0 Å². The van der Waals surface area contributed by atoms with Gasteiger partial charge < -0.3 is 14.2 Å². The molecule has 0 unspecified atom stereocenters. The number of hydrazone groups is 1. The van der Waals surface area contributed by atoms with Crippen molar-refractivity contribution in [1.82, 2.24) is 5.43 Å². The number of nitro benzene ring substituents is 1. The van der Waals surface area contributed by atoms with Crippen LogP contribution in [-0.2, 0) is 4.79 Å². The van der Waals surface area contributed by atoms with Crippen molar-refractivity contribution in [3.63, 3.8) is 0 Å². The molecule has 1 N–H and O–H groups in total. The lowest BCUT2D eigenvalue weighted by Gasteiger charge is -2.13. The maximum Gasteiger partial charge on any atom is 0.343 e. The number of nitrogens with zero attached hydrogens (tertiary/aromatic N) is 2. The number of nitrogens with one attached hydrogen (secondary N) is 1. The van der Waals surface area contributed by atoms with Crippen molar-refractivity contribution in [2.24, 2.45) is 5.10 Å². The van der Waals surface area contributed by atoms with Crippen LogP contribution in [0.15, 0.2) is 76.3 Å². The van der Waals surface area contributed by atoms with Gasteiger partial charge in [0.2, 0.25) is 0 Å². The predicted octanol–water partition coefficient (Wildman–Crippen LogP) is 4.89. The smallest absolute Gasteiger partial charge is 0.343 e. The summed E-state index contributed by atoms with van der Waals surface area (Å²) in [6.07, 6.45) is 0.240. The molecule has 1 amide bonds. The molecule has 0 aliphatic rings. The molecule has 3 rings (SSSR count). The number of rotatable bonds is 10. The molecule has 0 radical (unpaired) electrons. The van der Waals surface area contributed by atoms with E-state index >= 15 is 0 Å². The Kier molecular flexibility index (Phi) is 9.12. The summed E-state index contributed by atoms with van der Waals surface area (Å²) in [5, 5.41) is 15.0. The van der Waals surface area contributed by atoms with E-state index in [4.69, 9.17) is 14.2 Å². The summed E-state index contributed by atoms with van der Waals surface area (Å²) in [7, 11) is 0. The Morgan fingerprint density at radius 3 is 2.53 bits per heavy atom. The summed E-state index contributed by atoms with van der Waals surface area (Å²) in [6, 6.07) is 17.2. The second kappa shape index (κ2) is 12.5. The van der Waals surface area contributed by atoms with E-state index in [9.17, 15) is 19.7 Å². The van der Waals surface area contributed by atoms with Crippen LogP contribution in [0.1, 0.15) is 29.8 Å². The number of carbonyl (C=O) groups is 2. The second-order valence-corrected chi connectivity index (χ2v) is 8.16. The van der Waals surface area contributed by atoms with Gasteiger partial charge in [0.1, 0.15) is 11.5 Å². The maximum atomic E-state index is 12.6. The normalized spacial score (nSPS) is 11.5. The van der Waals surface area contributed by atoms with Crippen molar-refractivity contribution < 1.29 is 28.7 Å². The number of hydrogen-bond acceptors (Lipinski definition) is 8. The van der Waals surface area contributed by atoms with Gasteiger partial charge in [-0.25, -0.2) is 10.2 Å². The SMILES string of the molecule is CCOc1ccc(C(=O)Oc2ccc(Br)cc2/C=N\NC(=O)[C@H](C)Oc2ccccc2[N+](=O)[O-])cc1. The summed E-state index contributed by atoms with van der Waals surface area (Å²) in [5.41, 5.74) is 2.81. The fourth-order valence-corrected chi connectivity index (χ4v) is 3.31. The zero-order valence-electron chi connectivity index (χ0n) is 19.3. The van der Waals surface area contributed by atoms with Crippen LogP contribution in [0.4, 0.5) is 5.69 Å². The van der Waals surface area contributed by atoms with Crippen molar-refractivity contribution in [3.8, 4) is 17.2 Å². The van der Waals surface area contributed by atoms with Crippen molar-refractivity contribution in [2.45, 2.75) is 20.0 Å². The van der Waals surface area contributed by atoms with Gasteiger partial charge in [-0.2, -0.15) is 5.10 Å². The molecule has 186 valence electrons. The first kappa shape index (κ1) is 26.4. The van der Waals surface area contributed by atoms with Crippen LogP contribution in [0.5, 0.6) is 17.2 Å². The summed E-state index contributed by atoms with van der Waals surface area (Å²) < 4.78 is 17.0. The van der Waals surface area contributed by atoms with Gasteiger partial charge in [-0.3, -0.25) is 14.9 Å². The highest BCUT2D eigenvalue weighted by Crippen LogP contribution is 2.27. The number of esters is 1. The fourth-order valence-electron chi connectivity index (χ4n) is 2.93. The van der Waals surface area contributed by atoms with Gasteiger partial charge >= 0.3 is 11.7 Å². The first-order valence-electron chi connectivity index (χ1n) is 10.8. The van der Waals surface area contributed by atoms with Crippen LogP contribution in [0.2, 0.25) is 0 Å². The van der Waals surface area contributed by atoms with Crippen molar-refractivity contribution in [2.75, 3.05) is 6.61 Å². The molecule has 0 spiro atoms. The molecule has 3 aromatic carbocycles. The number of hydrogen-bond donors (Lipinski definition) is 1. The lowest BCUT2D eigenvalue weighted by Crippen LogP contribution is -2.33. The Labute approximate surface area is 215 Å². The zero-order chi connectivity index (χ0) is 26.1. The van der Waals surface area contributed by atoms with Gasteiger partial charge in [-0.05, 0) is 62.4 Å². The Hall–Kier alpha value is -4.25. The summed E-state index contributed by atoms with van der Waals surface area (Å²) >= 11 is 3.35. The molecule has 0 aromatic heterocycles. The summed E-state index contributed by atoms with van der Waals surface area (Å²) in [6.45, 7) is 3.81. The number of amides is 1. The Balaban J connectivity index is 1.66. The van der Waals surface area contributed by atoms with Gasteiger partial charge in [-0.1, -0.05) is 28.1 Å². The number of nitro groups is 1. The van der Waals surface area contributed by atoms with Crippen molar-refractivity contribution >= 4 is 39.7 Å². The van der Waals surface area contributed by atoms with Gasteiger partial charge in [0.05, 0.1) is 23.3 Å². The largest absolute Gasteiger partial charge is 0.494 e. The third kappa shape index (κ3) is 7.12. The molecule has 1 atom stereocenters. The van der Waals surface area contributed by atoms with Gasteiger partial charge in [-0.15, -0.1) is 0 Å². The second-order valence-electron chi connectivity index (χ2n) is 7.25. The van der Waals surface area contributed by atoms with Crippen LogP contribution in [0.25, 0.3) is 0 Å². The highest BCUT2D eigenvalue weighted by Gasteiger charge is 2.20. The van der Waals surface area contributed by atoms with Gasteiger partial charge in [0.15, 0.2) is 11.9 Å². The first-order chi connectivity index (χ1) is 17.3. The van der Waals surface area contributed by atoms with Crippen LogP contribution in [-0.4, -0.2) is 35.7 Å². The van der Waals surface area contributed by atoms with Crippen molar-refractivity contribution in [1.29, 1.82) is 0 Å². The molecule has 0 heterocycles. The Bertz CT molecular complexity index is 1280. The molecule has 11 heteroatoms. The van der Waals surface area contributed by atoms with E-state index in [1.807, 2.05) is 6.92 Å². The van der Waals surface area contributed by atoms with Crippen LogP contribution in [0, 0.1) is 10.1 Å². The van der Waals surface area contributed by atoms with Crippen LogP contribution < -0.4 is 19.6 Å². The molecule has 36 heavy (non-hydrogen) atoms. The average molecular weight is 556 g/mol. The molecule has 10 nitrogen and oxygen atoms in total. The number of carbonyl (C=O) groups excluding carboxylic acids is 2. The molecule has 0 bridgehead atoms. The quantitative estimate of drug-likeness (QED) is 0.124. The third-order valence-electron chi connectivity index (χ3n) is 4.69. The van der Waals surface area contributed by atoms with Gasteiger partial charge in [0.25, 0.3) is 5.91 Å². The van der Waals surface area contributed by atoms with E-state index in [1.165, 1.54) is 31.3 Å². The highest BCUT2D eigenvalue weighted by atomic mass is 79.9. The molecule has 0 aliphatic heterocycles.